The first-order valence-corrected chi connectivity index (χ1v) is 11.8. The van der Waals surface area contributed by atoms with Crippen LogP contribution in [-0.2, 0) is 4.74 Å². The van der Waals surface area contributed by atoms with E-state index in [9.17, 15) is 4.79 Å². The fraction of sp³-hybridized carbons (Fsp3) is 0.611. The van der Waals surface area contributed by atoms with Gasteiger partial charge in [-0.05, 0) is 99.2 Å². The van der Waals surface area contributed by atoms with Crippen molar-refractivity contribution >= 4 is 73.7 Å². The summed E-state index contributed by atoms with van der Waals surface area (Å²) in [6.07, 6.45) is 3.50. The Morgan fingerprint density at radius 2 is 1.50 bits per heavy atom. The molecule has 6 heteroatoms. The van der Waals surface area contributed by atoms with Crippen LogP contribution < -0.4 is 0 Å². The van der Waals surface area contributed by atoms with E-state index in [0.717, 1.165) is 41.4 Å². The van der Waals surface area contributed by atoms with Crippen LogP contribution in [0.2, 0.25) is 0 Å². The van der Waals surface area contributed by atoms with Gasteiger partial charge in [-0.1, -0.05) is 20.8 Å². The molecule has 0 aliphatic rings. The second kappa shape index (κ2) is 11.5. The van der Waals surface area contributed by atoms with Crippen molar-refractivity contribution in [2.45, 2.75) is 40.0 Å². The van der Waals surface area contributed by atoms with Crippen molar-refractivity contribution in [1.29, 1.82) is 0 Å². The molecule has 0 atom stereocenters. The van der Waals surface area contributed by atoms with E-state index in [0.29, 0.717) is 12.2 Å². The van der Waals surface area contributed by atoms with Gasteiger partial charge in [-0.2, -0.15) is 0 Å². The molecule has 0 saturated carbocycles. The zero-order chi connectivity index (χ0) is 18.2. The van der Waals surface area contributed by atoms with E-state index in [2.05, 4.69) is 94.6 Å². The van der Waals surface area contributed by atoms with Gasteiger partial charge in [0.2, 0.25) is 0 Å². The maximum atomic E-state index is 12.5. The lowest BCUT2D eigenvalue weighted by Crippen LogP contribution is -2.51. The second-order valence-electron chi connectivity index (χ2n) is 6.12. The van der Waals surface area contributed by atoms with Crippen molar-refractivity contribution in [3.05, 3.63) is 28.4 Å². The van der Waals surface area contributed by atoms with Crippen LogP contribution >= 0.6 is 67.8 Å². The van der Waals surface area contributed by atoms with Gasteiger partial charge in [0.25, 0.3) is 0 Å². The third kappa shape index (κ3) is 6.86. The van der Waals surface area contributed by atoms with Crippen LogP contribution in [0.5, 0.6) is 0 Å². The van der Waals surface area contributed by atoms with Gasteiger partial charge in [0.1, 0.15) is 13.2 Å². The number of nitrogens with zero attached hydrogens (tertiary/aromatic N) is 1. The van der Waals surface area contributed by atoms with Gasteiger partial charge in [0.15, 0.2) is 0 Å². The molecule has 1 aromatic carbocycles. The zero-order valence-electron chi connectivity index (χ0n) is 14.7. The minimum atomic E-state index is -0.196. The molecule has 24 heavy (non-hydrogen) atoms. The highest BCUT2D eigenvalue weighted by molar-refractivity contribution is 14.1. The minimum Gasteiger partial charge on any atom is -0.456 e. The quantitative estimate of drug-likeness (QED) is 0.138. The number of carbonyl (C=O) groups excluding carboxylic acids is 1. The average Bonchev–Trinajstić information content (AvgIpc) is 2.51. The molecule has 136 valence electrons. The molecule has 0 unspecified atom stereocenters. The van der Waals surface area contributed by atoms with E-state index in [1.165, 1.54) is 19.3 Å². The number of quaternary nitrogens is 1. The Labute approximate surface area is 187 Å². The van der Waals surface area contributed by atoms with Crippen LogP contribution in [0.25, 0.3) is 0 Å². The van der Waals surface area contributed by atoms with Crippen LogP contribution in [0, 0.1) is 10.7 Å². The molecule has 0 spiro atoms. The lowest BCUT2D eigenvalue weighted by Gasteiger charge is -2.38. The fourth-order valence-electron chi connectivity index (χ4n) is 3.21. The molecule has 0 saturated heterocycles. The molecular weight excluding hydrogens is 643 g/mol. The van der Waals surface area contributed by atoms with E-state index in [1.807, 2.05) is 6.07 Å². The van der Waals surface area contributed by atoms with Gasteiger partial charge >= 0.3 is 5.97 Å². The van der Waals surface area contributed by atoms with Crippen molar-refractivity contribution in [3.63, 3.8) is 0 Å². The fourth-order valence-corrected chi connectivity index (χ4v) is 5.58. The average molecular weight is 670 g/mol. The Kier molecular flexibility index (Phi) is 11.0. The molecular formula is C18H27I3NO2+. The molecule has 0 bridgehead atoms. The molecule has 0 aliphatic carbocycles. The first-order valence-electron chi connectivity index (χ1n) is 8.55. The molecule has 0 amide bonds. The molecule has 1 rings (SSSR count). The summed E-state index contributed by atoms with van der Waals surface area (Å²) in [6, 6.07) is 3.99. The van der Waals surface area contributed by atoms with Crippen molar-refractivity contribution < 1.29 is 14.0 Å². The summed E-state index contributed by atoms with van der Waals surface area (Å²) in [5, 5.41) is 0. The number of halogens is 3. The van der Waals surface area contributed by atoms with Crippen molar-refractivity contribution in [2.24, 2.45) is 0 Å². The summed E-state index contributed by atoms with van der Waals surface area (Å²) < 4.78 is 9.86. The van der Waals surface area contributed by atoms with E-state index in [4.69, 9.17) is 4.74 Å². The lowest BCUT2D eigenvalue weighted by molar-refractivity contribution is -0.928. The minimum absolute atomic E-state index is 0.196. The zero-order valence-corrected chi connectivity index (χ0v) is 21.2. The highest BCUT2D eigenvalue weighted by Crippen LogP contribution is 2.23. The van der Waals surface area contributed by atoms with Gasteiger partial charge in [0.05, 0.1) is 25.2 Å². The largest absolute Gasteiger partial charge is 0.456 e. The molecule has 0 aromatic heterocycles. The SMILES string of the molecule is CCC[N+](CCC)(CCC)CCOC(=O)c1cc(I)cc(I)c1I. The van der Waals surface area contributed by atoms with Crippen LogP contribution in [0.4, 0.5) is 0 Å². The molecule has 0 heterocycles. The molecule has 0 aliphatic heterocycles. The standard InChI is InChI=1S/C18H27I3NO2/c1-4-7-22(8-5-2,9-6-3)10-11-24-18(23)15-12-14(19)13-16(20)17(15)21/h12-13H,4-11H2,1-3H3/q+1. The summed E-state index contributed by atoms with van der Waals surface area (Å²) in [7, 11) is 0. The smallest absolute Gasteiger partial charge is 0.339 e. The van der Waals surface area contributed by atoms with Gasteiger partial charge in [0, 0.05) is 10.7 Å². The first-order chi connectivity index (χ1) is 11.4. The maximum Gasteiger partial charge on any atom is 0.339 e. The van der Waals surface area contributed by atoms with Crippen LogP contribution in [0.1, 0.15) is 50.4 Å². The van der Waals surface area contributed by atoms with E-state index >= 15 is 0 Å². The molecule has 0 fully saturated rings. The van der Waals surface area contributed by atoms with Gasteiger partial charge in [-0.25, -0.2) is 4.79 Å². The van der Waals surface area contributed by atoms with Gasteiger partial charge in [-0.15, -0.1) is 0 Å². The number of hydrogen-bond acceptors (Lipinski definition) is 2. The lowest BCUT2D eigenvalue weighted by atomic mass is 10.2. The highest BCUT2D eigenvalue weighted by Gasteiger charge is 2.25. The normalized spacial score (nSPS) is 11.6. The van der Waals surface area contributed by atoms with Gasteiger partial charge in [-0.3, -0.25) is 0 Å². The Morgan fingerprint density at radius 1 is 0.958 bits per heavy atom. The maximum absolute atomic E-state index is 12.5. The predicted molar refractivity (Wildman–Crippen MR) is 125 cm³/mol. The Balaban J connectivity index is 2.75. The number of esters is 1. The highest BCUT2D eigenvalue weighted by atomic mass is 127. The van der Waals surface area contributed by atoms with Crippen LogP contribution in [0.15, 0.2) is 12.1 Å². The summed E-state index contributed by atoms with van der Waals surface area (Å²) in [4.78, 5) is 12.5. The number of ether oxygens (including phenoxy) is 1. The number of benzene rings is 1. The molecule has 1 aromatic rings. The second-order valence-corrected chi connectivity index (χ2v) is 9.61. The number of rotatable bonds is 10. The summed E-state index contributed by atoms with van der Waals surface area (Å²) in [5.41, 5.74) is 0.687. The number of carbonyl (C=O) groups is 1. The third-order valence-corrected chi connectivity index (χ3v) is 7.77. The van der Waals surface area contributed by atoms with Crippen LogP contribution in [0.3, 0.4) is 0 Å². The third-order valence-electron chi connectivity index (χ3n) is 4.11. The van der Waals surface area contributed by atoms with Crippen molar-refractivity contribution in [1.82, 2.24) is 0 Å². The van der Waals surface area contributed by atoms with Crippen molar-refractivity contribution in [3.8, 4) is 0 Å². The summed E-state index contributed by atoms with van der Waals surface area (Å²) in [5.74, 6) is -0.196. The predicted octanol–water partition coefficient (Wildman–Crippen LogP) is 5.70. The molecule has 3 nitrogen and oxygen atoms in total. The molecule has 0 radical (unpaired) electrons. The Bertz CT molecular complexity index is 532. The van der Waals surface area contributed by atoms with Crippen molar-refractivity contribution in [2.75, 3.05) is 32.8 Å². The summed E-state index contributed by atoms with van der Waals surface area (Å²) in [6.45, 7) is 11.6. The Hall–Kier alpha value is 0.840. The monoisotopic (exact) mass is 670 g/mol. The first kappa shape index (κ1) is 22.9. The summed E-state index contributed by atoms with van der Waals surface area (Å²) >= 11 is 6.74. The van der Waals surface area contributed by atoms with Gasteiger partial charge < -0.3 is 9.22 Å². The van der Waals surface area contributed by atoms with E-state index in [-0.39, 0.29) is 5.97 Å². The Morgan fingerprint density at radius 3 is 2.00 bits per heavy atom. The van der Waals surface area contributed by atoms with E-state index < -0.39 is 0 Å². The van der Waals surface area contributed by atoms with Crippen LogP contribution in [-0.4, -0.2) is 43.2 Å². The van der Waals surface area contributed by atoms with E-state index in [1.54, 1.807) is 0 Å². The number of hydrogen-bond donors (Lipinski definition) is 0. The molecule has 0 N–H and O–H groups in total. The topological polar surface area (TPSA) is 26.3 Å².